The SMILES string of the molecule is CC1(C)C(=O)C(C#N)=C[C@]2(C)C3=CC(=O)[C@]4(O)[C@@H]5C[C@@](C)(C(=O)NCc6ccnnc6)CC[C@]5(C)CC[C@@]4(C)[C@]3(C)CC[C@@H]12. The Hall–Kier alpha value is -3.18. The van der Waals surface area contributed by atoms with Crippen LogP contribution in [0, 0.1) is 55.7 Å². The van der Waals surface area contributed by atoms with Gasteiger partial charge < -0.3 is 10.4 Å². The second-order valence-corrected chi connectivity index (χ2v) is 16.4. The molecule has 234 valence electrons. The summed E-state index contributed by atoms with van der Waals surface area (Å²) in [5.41, 5.74) is -3.46. The van der Waals surface area contributed by atoms with Crippen LogP contribution in [0.15, 0.2) is 41.8 Å². The Labute approximate surface area is 260 Å². The van der Waals surface area contributed by atoms with Crippen LogP contribution in [0.25, 0.3) is 0 Å². The van der Waals surface area contributed by atoms with Crippen molar-refractivity contribution in [2.24, 2.45) is 44.3 Å². The average molecular weight is 599 g/mol. The minimum atomic E-state index is -1.65. The largest absolute Gasteiger partial charge is 0.381 e. The van der Waals surface area contributed by atoms with E-state index in [1.54, 1.807) is 18.5 Å². The fourth-order valence-electron chi connectivity index (χ4n) is 10.8. The third-order valence-electron chi connectivity index (χ3n) is 13.9. The molecule has 1 aromatic heterocycles. The number of hydrogen-bond acceptors (Lipinski definition) is 7. The first-order valence-corrected chi connectivity index (χ1v) is 16.1. The van der Waals surface area contributed by atoms with Crippen LogP contribution >= 0.6 is 0 Å². The summed E-state index contributed by atoms with van der Waals surface area (Å²) in [6.07, 6.45) is 11.6. The first-order valence-electron chi connectivity index (χ1n) is 16.1. The molecule has 5 aliphatic carbocycles. The van der Waals surface area contributed by atoms with Crippen LogP contribution in [0.4, 0.5) is 0 Å². The van der Waals surface area contributed by atoms with Crippen LogP contribution in [-0.2, 0) is 20.9 Å². The number of aromatic nitrogens is 2. The van der Waals surface area contributed by atoms with E-state index in [0.717, 1.165) is 36.8 Å². The molecule has 0 spiro atoms. The summed E-state index contributed by atoms with van der Waals surface area (Å²) in [4.78, 5) is 41.7. The zero-order valence-electron chi connectivity index (χ0n) is 27.2. The quantitative estimate of drug-likeness (QED) is 0.474. The molecule has 1 aromatic rings. The number of nitriles is 1. The van der Waals surface area contributed by atoms with Crippen molar-refractivity contribution in [3.63, 3.8) is 0 Å². The van der Waals surface area contributed by atoms with Crippen LogP contribution in [0.1, 0.15) is 99.0 Å². The van der Waals surface area contributed by atoms with Gasteiger partial charge in [0.2, 0.25) is 5.91 Å². The number of nitrogens with zero attached hydrogens (tertiary/aromatic N) is 3. The molecule has 44 heavy (non-hydrogen) atoms. The average Bonchev–Trinajstić information content (AvgIpc) is 2.98. The number of amides is 1. The lowest BCUT2D eigenvalue weighted by atomic mass is 9.33. The Kier molecular flexibility index (Phi) is 6.60. The molecular formula is C36H46N4O4. The topological polar surface area (TPSA) is 133 Å². The molecule has 0 bridgehead atoms. The molecule has 0 radical (unpaired) electrons. The highest BCUT2D eigenvalue weighted by molar-refractivity contribution is 6.05. The highest BCUT2D eigenvalue weighted by atomic mass is 16.3. The maximum absolute atomic E-state index is 14.6. The van der Waals surface area contributed by atoms with E-state index in [2.05, 4.69) is 49.3 Å². The summed E-state index contributed by atoms with van der Waals surface area (Å²) < 4.78 is 0. The molecule has 0 saturated heterocycles. The van der Waals surface area contributed by atoms with Crippen LogP contribution in [0.5, 0.6) is 0 Å². The number of rotatable bonds is 3. The minimum absolute atomic E-state index is 0.0624. The highest BCUT2D eigenvalue weighted by Crippen LogP contribution is 2.75. The number of carbonyl (C=O) groups is 3. The summed E-state index contributed by atoms with van der Waals surface area (Å²) >= 11 is 0. The molecule has 8 atom stereocenters. The molecule has 3 saturated carbocycles. The van der Waals surface area contributed by atoms with Gasteiger partial charge in [-0.25, -0.2) is 0 Å². The third-order valence-corrected chi connectivity index (χ3v) is 13.9. The number of allylic oxidation sites excluding steroid dienone is 3. The lowest BCUT2D eigenvalue weighted by Gasteiger charge is -2.71. The van der Waals surface area contributed by atoms with E-state index in [1.165, 1.54) is 0 Å². The molecular weight excluding hydrogens is 552 g/mol. The summed E-state index contributed by atoms with van der Waals surface area (Å²) in [5.74, 6) is -0.964. The van der Waals surface area contributed by atoms with Gasteiger partial charge in [-0.15, -0.1) is 0 Å². The minimum Gasteiger partial charge on any atom is -0.381 e. The van der Waals surface area contributed by atoms with Gasteiger partial charge in [-0.2, -0.15) is 15.5 Å². The molecule has 6 rings (SSSR count). The van der Waals surface area contributed by atoms with E-state index in [1.807, 2.05) is 32.9 Å². The van der Waals surface area contributed by atoms with Crippen molar-refractivity contribution < 1.29 is 19.5 Å². The number of nitrogens with one attached hydrogen (secondary N) is 1. The van der Waals surface area contributed by atoms with Gasteiger partial charge in [0.05, 0.1) is 11.8 Å². The zero-order valence-corrected chi connectivity index (χ0v) is 27.2. The molecule has 1 amide bonds. The van der Waals surface area contributed by atoms with E-state index in [-0.39, 0.29) is 34.4 Å². The lowest BCUT2D eigenvalue weighted by molar-refractivity contribution is -0.242. The summed E-state index contributed by atoms with van der Waals surface area (Å²) in [6, 6.07) is 3.97. The van der Waals surface area contributed by atoms with Gasteiger partial charge in [0.1, 0.15) is 11.7 Å². The van der Waals surface area contributed by atoms with Crippen LogP contribution in [0.3, 0.4) is 0 Å². The monoisotopic (exact) mass is 598 g/mol. The van der Waals surface area contributed by atoms with E-state index in [0.29, 0.717) is 25.8 Å². The first-order chi connectivity index (χ1) is 20.4. The van der Waals surface area contributed by atoms with Gasteiger partial charge in [0.25, 0.3) is 0 Å². The molecule has 1 heterocycles. The van der Waals surface area contributed by atoms with E-state index < -0.39 is 38.6 Å². The van der Waals surface area contributed by atoms with Gasteiger partial charge in [-0.1, -0.05) is 54.5 Å². The molecule has 0 aliphatic heterocycles. The number of hydrogen-bond donors (Lipinski definition) is 2. The molecule has 5 aliphatic rings. The normalized spacial score (nSPS) is 44.1. The Balaban J connectivity index is 1.42. The zero-order chi connectivity index (χ0) is 32.1. The molecule has 8 heteroatoms. The van der Waals surface area contributed by atoms with E-state index >= 15 is 0 Å². The van der Waals surface area contributed by atoms with E-state index in [4.69, 9.17) is 0 Å². The summed E-state index contributed by atoms with van der Waals surface area (Å²) in [6.45, 7) is 14.7. The number of fused-ring (bicyclic) bond motifs is 7. The van der Waals surface area contributed by atoms with Crippen molar-refractivity contribution in [1.29, 1.82) is 5.26 Å². The standard InChI is InChI=1S/C36H46N4O4/c1-30(2)24-8-10-34(6)25(33(24,5)17-23(19-37)28(30)42)16-27(41)36(44)26-18-32(4,12-11-31(26,3)13-14-35(34,36)7)29(43)38-20-22-9-15-39-40-21-22/h9,15-17,21,24,26,44H,8,10-14,18,20H2,1-7H3,(H,38,43)/t24-,26+,31+,32-,33-,34+,35-,36+/m0/s1. The lowest BCUT2D eigenvalue weighted by Crippen LogP contribution is -2.74. The van der Waals surface area contributed by atoms with Gasteiger partial charge in [0.15, 0.2) is 11.6 Å². The van der Waals surface area contributed by atoms with Crippen molar-refractivity contribution in [2.45, 2.75) is 106 Å². The molecule has 8 nitrogen and oxygen atoms in total. The maximum atomic E-state index is 14.6. The molecule has 0 unspecified atom stereocenters. The Morgan fingerprint density at radius 1 is 1.02 bits per heavy atom. The maximum Gasteiger partial charge on any atom is 0.226 e. The molecule has 2 N–H and O–H groups in total. The van der Waals surface area contributed by atoms with Crippen molar-refractivity contribution in [3.8, 4) is 6.07 Å². The Morgan fingerprint density at radius 3 is 2.39 bits per heavy atom. The highest BCUT2D eigenvalue weighted by Gasteiger charge is 2.75. The van der Waals surface area contributed by atoms with Crippen molar-refractivity contribution in [3.05, 3.63) is 47.3 Å². The van der Waals surface area contributed by atoms with Crippen molar-refractivity contribution in [1.82, 2.24) is 15.5 Å². The van der Waals surface area contributed by atoms with Crippen LogP contribution in [-0.4, -0.2) is 38.4 Å². The smallest absolute Gasteiger partial charge is 0.226 e. The third kappa shape index (κ3) is 3.74. The first kappa shape index (κ1) is 30.8. The predicted octanol–water partition coefficient (Wildman–Crippen LogP) is 5.43. The number of Topliss-reactive ketones (excluding diaryl/α,β-unsaturated/α-hetero) is 1. The van der Waals surface area contributed by atoms with E-state index in [9.17, 15) is 24.8 Å². The molecule has 3 fully saturated rings. The fraction of sp³-hybridized carbons (Fsp3) is 0.667. The van der Waals surface area contributed by atoms with Crippen molar-refractivity contribution >= 4 is 17.5 Å². The Morgan fingerprint density at radius 2 is 1.73 bits per heavy atom. The van der Waals surface area contributed by atoms with Gasteiger partial charge >= 0.3 is 0 Å². The van der Waals surface area contributed by atoms with Crippen molar-refractivity contribution in [2.75, 3.05) is 0 Å². The molecule has 0 aromatic carbocycles. The second-order valence-electron chi connectivity index (χ2n) is 16.4. The van der Waals surface area contributed by atoms with Gasteiger partial charge in [-0.3, -0.25) is 14.4 Å². The number of carbonyl (C=O) groups excluding carboxylic acids is 3. The van der Waals surface area contributed by atoms with Gasteiger partial charge in [-0.05, 0) is 85.0 Å². The van der Waals surface area contributed by atoms with Crippen LogP contribution < -0.4 is 5.32 Å². The Bertz CT molecular complexity index is 1560. The van der Waals surface area contributed by atoms with Crippen LogP contribution in [0.2, 0.25) is 0 Å². The predicted molar refractivity (Wildman–Crippen MR) is 164 cm³/mol. The summed E-state index contributed by atoms with van der Waals surface area (Å²) in [5, 5.41) is 33.8. The fourth-order valence-corrected chi connectivity index (χ4v) is 10.8. The number of ketones is 2. The second kappa shape index (κ2) is 9.42. The number of aliphatic hydroxyl groups is 1. The van der Waals surface area contributed by atoms with Gasteiger partial charge in [0, 0.05) is 40.3 Å². The summed E-state index contributed by atoms with van der Waals surface area (Å²) in [7, 11) is 0.